The van der Waals surface area contributed by atoms with Gasteiger partial charge in [0.25, 0.3) is 0 Å². The maximum atomic E-state index is 4.31. The summed E-state index contributed by atoms with van der Waals surface area (Å²) in [5.41, 5.74) is 3.07. The molecule has 2 aromatic rings. The van der Waals surface area contributed by atoms with E-state index in [1.54, 1.807) is 6.20 Å². The third kappa shape index (κ3) is 2.57. The van der Waals surface area contributed by atoms with Crippen molar-refractivity contribution in [3.8, 4) is 0 Å². The highest BCUT2D eigenvalue weighted by Gasteiger charge is 2.05. The molecule has 0 fully saturated rings. The molecule has 0 radical (unpaired) electrons. The molecule has 2 heterocycles. The summed E-state index contributed by atoms with van der Waals surface area (Å²) in [6.07, 6.45) is 3.65. The number of nitrogens with zero attached hydrogens (tertiary/aromatic N) is 2. The van der Waals surface area contributed by atoms with Gasteiger partial charge in [-0.2, -0.15) is 0 Å². The predicted octanol–water partition coefficient (Wildman–Crippen LogP) is 2.96. The Balaban J connectivity index is 2.08. The second-order valence-corrected chi connectivity index (χ2v) is 3.81. The number of anilines is 1. The van der Waals surface area contributed by atoms with Gasteiger partial charge in [-0.25, -0.2) is 0 Å². The summed E-state index contributed by atoms with van der Waals surface area (Å²) in [5, 5.41) is 3.36. The maximum Gasteiger partial charge on any atom is 0.0657 e. The van der Waals surface area contributed by atoms with Crippen molar-refractivity contribution in [2.75, 3.05) is 5.32 Å². The van der Waals surface area contributed by atoms with Crippen molar-refractivity contribution >= 4 is 5.69 Å². The number of rotatable bonds is 3. The first kappa shape index (κ1) is 10.6. The average molecular weight is 213 g/mol. The Labute approximate surface area is 95.6 Å². The largest absolute Gasteiger partial charge is 0.376 e. The number of aromatic nitrogens is 2. The van der Waals surface area contributed by atoms with Gasteiger partial charge >= 0.3 is 0 Å². The fourth-order valence-electron chi connectivity index (χ4n) is 1.51. The monoisotopic (exact) mass is 213 g/mol. The Hall–Kier alpha value is -1.90. The molecule has 0 saturated carbocycles. The predicted molar refractivity (Wildman–Crippen MR) is 65.2 cm³/mol. The molecule has 0 saturated heterocycles. The topological polar surface area (TPSA) is 37.8 Å². The van der Waals surface area contributed by atoms with Crippen LogP contribution in [0, 0.1) is 6.92 Å². The lowest BCUT2D eigenvalue weighted by Crippen LogP contribution is -2.08. The highest BCUT2D eigenvalue weighted by Crippen LogP contribution is 2.16. The lowest BCUT2D eigenvalue weighted by molar-refractivity contribution is 0.838. The molecule has 1 unspecified atom stereocenters. The van der Waals surface area contributed by atoms with E-state index in [0.29, 0.717) is 0 Å². The van der Waals surface area contributed by atoms with Gasteiger partial charge in [-0.05, 0) is 38.1 Å². The van der Waals surface area contributed by atoms with Crippen LogP contribution in [0.1, 0.15) is 24.4 Å². The molecule has 0 aliphatic heterocycles. The van der Waals surface area contributed by atoms with Gasteiger partial charge in [0, 0.05) is 11.9 Å². The molecule has 0 aliphatic rings. The second kappa shape index (κ2) is 4.75. The van der Waals surface area contributed by atoms with Gasteiger partial charge in [0.05, 0.1) is 23.6 Å². The molecule has 82 valence electrons. The number of pyridine rings is 2. The summed E-state index contributed by atoms with van der Waals surface area (Å²) in [6, 6.07) is 10.1. The molecule has 2 aromatic heterocycles. The van der Waals surface area contributed by atoms with E-state index in [-0.39, 0.29) is 6.04 Å². The van der Waals surface area contributed by atoms with Crippen LogP contribution in [0.15, 0.2) is 42.7 Å². The van der Waals surface area contributed by atoms with Crippen LogP contribution < -0.4 is 5.32 Å². The fraction of sp³-hybridized carbons (Fsp3) is 0.231. The van der Waals surface area contributed by atoms with E-state index in [4.69, 9.17) is 0 Å². The Morgan fingerprint density at radius 1 is 1.12 bits per heavy atom. The van der Waals surface area contributed by atoms with Crippen LogP contribution >= 0.6 is 0 Å². The molecular formula is C13H15N3. The molecule has 1 N–H and O–H groups in total. The standard InChI is InChI=1S/C13H15N3/c1-10-6-7-12(9-15-10)16-11(2)13-5-3-4-8-14-13/h3-9,11,16H,1-2H3. The van der Waals surface area contributed by atoms with E-state index < -0.39 is 0 Å². The van der Waals surface area contributed by atoms with Crippen molar-refractivity contribution in [2.45, 2.75) is 19.9 Å². The van der Waals surface area contributed by atoms with Crippen molar-refractivity contribution in [3.63, 3.8) is 0 Å². The Morgan fingerprint density at radius 3 is 2.62 bits per heavy atom. The van der Waals surface area contributed by atoms with Crippen molar-refractivity contribution in [3.05, 3.63) is 54.1 Å². The van der Waals surface area contributed by atoms with Crippen molar-refractivity contribution in [1.29, 1.82) is 0 Å². The number of hydrogen-bond donors (Lipinski definition) is 1. The van der Waals surface area contributed by atoms with Crippen LogP contribution in [0.2, 0.25) is 0 Å². The summed E-state index contributed by atoms with van der Waals surface area (Å²) < 4.78 is 0. The molecule has 16 heavy (non-hydrogen) atoms. The fourth-order valence-corrected chi connectivity index (χ4v) is 1.51. The zero-order valence-electron chi connectivity index (χ0n) is 9.51. The molecule has 1 atom stereocenters. The highest BCUT2D eigenvalue weighted by molar-refractivity contribution is 5.42. The molecule has 3 nitrogen and oxygen atoms in total. The summed E-state index contributed by atoms with van der Waals surface area (Å²) in [7, 11) is 0. The SMILES string of the molecule is Cc1ccc(NC(C)c2ccccn2)cn1. The van der Waals surface area contributed by atoms with Crippen LogP contribution in [0.3, 0.4) is 0 Å². The zero-order chi connectivity index (χ0) is 11.4. The van der Waals surface area contributed by atoms with Gasteiger partial charge in [0.15, 0.2) is 0 Å². The summed E-state index contributed by atoms with van der Waals surface area (Å²) in [6.45, 7) is 4.06. The number of aryl methyl sites for hydroxylation is 1. The normalized spacial score (nSPS) is 12.1. The highest BCUT2D eigenvalue weighted by atomic mass is 14.9. The first-order valence-corrected chi connectivity index (χ1v) is 5.36. The van der Waals surface area contributed by atoms with Crippen molar-refractivity contribution in [1.82, 2.24) is 9.97 Å². The average Bonchev–Trinajstić information content (AvgIpc) is 2.33. The van der Waals surface area contributed by atoms with Gasteiger partial charge in [-0.15, -0.1) is 0 Å². The van der Waals surface area contributed by atoms with Gasteiger partial charge < -0.3 is 5.32 Å². The van der Waals surface area contributed by atoms with Crippen LogP contribution in [0.4, 0.5) is 5.69 Å². The van der Waals surface area contributed by atoms with Crippen molar-refractivity contribution < 1.29 is 0 Å². The summed E-state index contributed by atoms with van der Waals surface area (Å²) >= 11 is 0. The number of hydrogen-bond acceptors (Lipinski definition) is 3. The van der Waals surface area contributed by atoms with Gasteiger partial charge in [-0.3, -0.25) is 9.97 Å². The maximum absolute atomic E-state index is 4.31. The van der Waals surface area contributed by atoms with E-state index in [1.165, 1.54) is 0 Å². The molecule has 0 bridgehead atoms. The minimum atomic E-state index is 0.186. The summed E-state index contributed by atoms with van der Waals surface area (Å²) in [5.74, 6) is 0. The Morgan fingerprint density at radius 2 is 2.00 bits per heavy atom. The van der Waals surface area contributed by atoms with E-state index >= 15 is 0 Å². The molecule has 3 heteroatoms. The quantitative estimate of drug-likeness (QED) is 0.851. The molecule has 2 rings (SSSR count). The minimum absolute atomic E-state index is 0.186. The smallest absolute Gasteiger partial charge is 0.0657 e. The minimum Gasteiger partial charge on any atom is -0.376 e. The van der Waals surface area contributed by atoms with Gasteiger partial charge in [0.2, 0.25) is 0 Å². The number of nitrogens with one attached hydrogen (secondary N) is 1. The van der Waals surface area contributed by atoms with Gasteiger partial charge in [0.1, 0.15) is 0 Å². The lowest BCUT2D eigenvalue weighted by Gasteiger charge is -2.14. The molecule has 0 aliphatic carbocycles. The van der Waals surface area contributed by atoms with E-state index in [0.717, 1.165) is 17.1 Å². The third-order valence-corrected chi connectivity index (χ3v) is 2.43. The summed E-state index contributed by atoms with van der Waals surface area (Å²) in [4.78, 5) is 8.55. The first-order valence-electron chi connectivity index (χ1n) is 5.36. The molecular weight excluding hydrogens is 198 g/mol. The molecule has 0 aromatic carbocycles. The lowest BCUT2D eigenvalue weighted by atomic mass is 10.2. The van der Waals surface area contributed by atoms with E-state index in [2.05, 4.69) is 22.2 Å². The van der Waals surface area contributed by atoms with Crippen molar-refractivity contribution in [2.24, 2.45) is 0 Å². The second-order valence-electron chi connectivity index (χ2n) is 3.81. The third-order valence-electron chi connectivity index (χ3n) is 2.43. The van der Waals surface area contributed by atoms with Crippen LogP contribution in [0.5, 0.6) is 0 Å². The molecule has 0 spiro atoms. The molecule has 0 amide bonds. The van der Waals surface area contributed by atoms with Gasteiger partial charge in [-0.1, -0.05) is 6.07 Å². The van der Waals surface area contributed by atoms with Crippen LogP contribution in [-0.2, 0) is 0 Å². The Bertz CT molecular complexity index is 436. The van der Waals surface area contributed by atoms with E-state index in [1.807, 2.05) is 43.5 Å². The first-order chi connectivity index (χ1) is 7.75. The van der Waals surface area contributed by atoms with Crippen LogP contribution in [-0.4, -0.2) is 9.97 Å². The van der Waals surface area contributed by atoms with E-state index in [9.17, 15) is 0 Å². The van der Waals surface area contributed by atoms with Crippen LogP contribution in [0.25, 0.3) is 0 Å². The Kier molecular flexibility index (Phi) is 3.15. The zero-order valence-corrected chi connectivity index (χ0v) is 9.51.